The zero-order chi connectivity index (χ0) is 25.8. The third-order valence-electron chi connectivity index (χ3n) is 6.27. The standard InChI is InChI=1S/C28H56NO4P/c1-5-6-7-8-9-10-11-12-13-14-15-16-17-18-19-20-21-22-23-24-25-26-28(30,34(31,32)33)27-29(2,3)4/h9-10,14-15,30H,5-8,11-13,16-27H2,1-4H3,(H-,31,32,33)/p+1/b10-9-,15-14-. The van der Waals surface area contributed by atoms with Crippen molar-refractivity contribution in [3.8, 4) is 0 Å². The summed E-state index contributed by atoms with van der Waals surface area (Å²) in [4.78, 5) is 19.2. The van der Waals surface area contributed by atoms with E-state index in [4.69, 9.17) is 0 Å². The number of hydrogen-bond acceptors (Lipinski definition) is 2. The van der Waals surface area contributed by atoms with Gasteiger partial charge in [0.2, 0.25) is 5.34 Å². The van der Waals surface area contributed by atoms with Crippen molar-refractivity contribution in [2.45, 2.75) is 128 Å². The van der Waals surface area contributed by atoms with Gasteiger partial charge in [-0.05, 0) is 57.8 Å². The summed E-state index contributed by atoms with van der Waals surface area (Å²) in [5, 5.41) is 8.64. The Morgan fingerprint density at radius 3 is 1.44 bits per heavy atom. The Morgan fingerprint density at radius 1 is 0.647 bits per heavy atom. The Kier molecular flexibility index (Phi) is 19.4. The van der Waals surface area contributed by atoms with Crippen molar-refractivity contribution < 1.29 is 23.9 Å². The summed E-state index contributed by atoms with van der Waals surface area (Å²) >= 11 is 0. The van der Waals surface area contributed by atoms with E-state index in [9.17, 15) is 19.5 Å². The van der Waals surface area contributed by atoms with E-state index in [2.05, 4.69) is 31.2 Å². The molecule has 202 valence electrons. The molecule has 0 rings (SSSR count). The Bertz CT molecular complexity index is 579. The lowest BCUT2D eigenvalue weighted by Gasteiger charge is -2.35. The molecule has 1 atom stereocenters. The Morgan fingerprint density at radius 2 is 1.03 bits per heavy atom. The smallest absolute Gasteiger partial charge is 0.362 e. The van der Waals surface area contributed by atoms with Gasteiger partial charge >= 0.3 is 7.60 Å². The number of quaternary nitrogens is 1. The van der Waals surface area contributed by atoms with E-state index < -0.39 is 12.9 Å². The normalized spacial score (nSPS) is 14.9. The molecule has 0 aliphatic heterocycles. The number of aliphatic hydroxyl groups is 1. The highest BCUT2D eigenvalue weighted by Crippen LogP contribution is 2.52. The van der Waals surface area contributed by atoms with Gasteiger partial charge in [-0.15, -0.1) is 0 Å². The zero-order valence-corrected chi connectivity index (χ0v) is 23.8. The van der Waals surface area contributed by atoms with Crippen molar-refractivity contribution in [2.24, 2.45) is 0 Å². The molecule has 0 aromatic rings. The Labute approximate surface area is 211 Å². The van der Waals surface area contributed by atoms with Crippen LogP contribution >= 0.6 is 7.60 Å². The number of unbranched alkanes of at least 4 members (excludes halogenated alkanes) is 14. The van der Waals surface area contributed by atoms with E-state index in [1.807, 2.05) is 21.1 Å². The molecule has 34 heavy (non-hydrogen) atoms. The molecule has 0 radical (unpaired) electrons. The van der Waals surface area contributed by atoms with Crippen LogP contribution in [-0.4, -0.2) is 52.4 Å². The summed E-state index contributed by atoms with van der Waals surface area (Å²) in [6.45, 7) is 2.31. The van der Waals surface area contributed by atoms with Gasteiger partial charge in [0.05, 0.1) is 21.1 Å². The summed E-state index contributed by atoms with van der Waals surface area (Å²) in [5.74, 6) is 0. The molecule has 0 aromatic heterocycles. The van der Waals surface area contributed by atoms with Crippen molar-refractivity contribution in [3.05, 3.63) is 24.3 Å². The first-order chi connectivity index (χ1) is 16.0. The van der Waals surface area contributed by atoms with Crippen molar-refractivity contribution in [2.75, 3.05) is 27.7 Å². The highest BCUT2D eigenvalue weighted by molar-refractivity contribution is 7.53. The third-order valence-corrected chi connectivity index (χ3v) is 7.72. The fourth-order valence-electron chi connectivity index (χ4n) is 4.32. The van der Waals surface area contributed by atoms with Gasteiger partial charge in [-0.2, -0.15) is 0 Å². The minimum absolute atomic E-state index is 0.0585. The van der Waals surface area contributed by atoms with Crippen LogP contribution in [0.3, 0.4) is 0 Å². The maximum absolute atomic E-state index is 11.8. The van der Waals surface area contributed by atoms with Crippen LogP contribution in [0.25, 0.3) is 0 Å². The molecule has 0 bridgehead atoms. The molecule has 0 saturated heterocycles. The van der Waals surface area contributed by atoms with E-state index in [0.29, 0.717) is 10.9 Å². The SMILES string of the molecule is CCCCC/C=C\CCC/C=C\CCCCCCCCCCCC(O)(C[N+](C)(C)C)P(=O)(O)O. The van der Waals surface area contributed by atoms with Gasteiger partial charge in [0.1, 0.15) is 6.54 Å². The van der Waals surface area contributed by atoms with Crippen LogP contribution in [0.1, 0.15) is 122 Å². The molecule has 6 heteroatoms. The van der Waals surface area contributed by atoms with E-state index in [1.165, 1.54) is 83.5 Å². The second-order valence-corrected chi connectivity index (χ2v) is 13.0. The molecule has 0 aromatic carbocycles. The number of rotatable bonds is 23. The van der Waals surface area contributed by atoms with E-state index >= 15 is 0 Å². The first-order valence-electron chi connectivity index (χ1n) is 13.9. The van der Waals surface area contributed by atoms with E-state index in [0.717, 1.165) is 19.3 Å². The topological polar surface area (TPSA) is 77.8 Å². The second kappa shape index (κ2) is 19.7. The van der Waals surface area contributed by atoms with Crippen molar-refractivity contribution in [1.29, 1.82) is 0 Å². The second-order valence-electron chi connectivity index (χ2n) is 11.1. The van der Waals surface area contributed by atoms with Crippen LogP contribution in [-0.2, 0) is 4.57 Å². The lowest BCUT2D eigenvalue weighted by Crippen LogP contribution is -2.49. The van der Waals surface area contributed by atoms with Gasteiger partial charge in [0.25, 0.3) is 0 Å². The maximum Gasteiger partial charge on any atom is 0.362 e. The minimum atomic E-state index is -4.55. The average Bonchev–Trinajstić information content (AvgIpc) is 2.73. The van der Waals surface area contributed by atoms with Gasteiger partial charge in [0.15, 0.2) is 0 Å². The molecule has 0 amide bonds. The molecule has 0 saturated carbocycles. The van der Waals surface area contributed by atoms with Crippen LogP contribution in [0.4, 0.5) is 0 Å². The fraction of sp³-hybridized carbons (Fsp3) is 0.857. The first kappa shape index (κ1) is 33.5. The maximum atomic E-state index is 11.8. The van der Waals surface area contributed by atoms with Crippen molar-refractivity contribution in [3.63, 3.8) is 0 Å². The summed E-state index contributed by atoms with van der Waals surface area (Å²) in [6, 6.07) is 0. The number of likely N-dealkylation sites (N-methyl/N-ethyl adjacent to an activating group) is 1. The van der Waals surface area contributed by atoms with E-state index in [-0.39, 0.29) is 13.0 Å². The summed E-state index contributed by atoms with van der Waals surface area (Å²) < 4.78 is 12.1. The quantitative estimate of drug-likeness (QED) is 0.0578. The fourth-order valence-corrected chi connectivity index (χ4v) is 5.38. The first-order valence-corrected chi connectivity index (χ1v) is 15.5. The molecule has 0 heterocycles. The molecule has 0 aliphatic carbocycles. The molecular formula is C28H57NO4P+. The monoisotopic (exact) mass is 502 g/mol. The highest BCUT2D eigenvalue weighted by atomic mass is 31.2. The van der Waals surface area contributed by atoms with E-state index in [1.54, 1.807) is 0 Å². The van der Waals surface area contributed by atoms with Gasteiger partial charge in [0, 0.05) is 0 Å². The Balaban J connectivity index is 3.59. The number of nitrogens with zero attached hydrogens (tertiary/aromatic N) is 1. The minimum Gasteiger partial charge on any atom is -0.373 e. The average molecular weight is 503 g/mol. The number of allylic oxidation sites excluding steroid dienone is 4. The molecular weight excluding hydrogens is 445 g/mol. The number of hydrogen-bond donors (Lipinski definition) is 3. The molecule has 0 aliphatic rings. The van der Waals surface area contributed by atoms with Gasteiger partial charge in [-0.3, -0.25) is 4.57 Å². The lowest BCUT2D eigenvalue weighted by molar-refractivity contribution is -0.875. The highest BCUT2D eigenvalue weighted by Gasteiger charge is 2.48. The predicted molar refractivity (Wildman–Crippen MR) is 147 cm³/mol. The molecule has 5 nitrogen and oxygen atoms in total. The summed E-state index contributed by atoms with van der Waals surface area (Å²) in [5.41, 5.74) is 0. The third kappa shape index (κ3) is 19.8. The molecule has 0 spiro atoms. The molecule has 3 N–H and O–H groups in total. The van der Waals surface area contributed by atoms with Gasteiger partial charge in [-0.25, -0.2) is 0 Å². The van der Waals surface area contributed by atoms with Gasteiger partial charge < -0.3 is 19.4 Å². The van der Waals surface area contributed by atoms with Crippen LogP contribution in [0, 0.1) is 0 Å². The van der Waals surface area contributed by atoms with Crippen LogP contribution < -0.4 is 0 Å². The predicted octanol–water partition coefficient (Wildman–Crippen LogP) is 7.71. The van der Waals surface area contributed by atoms with Crippen LogP contribution in [0.15, 0.2) is 24.3 Å². The molecule has 1 unspecified atom stereocenters. The van der Waals surface area contributed by atoms with Gasteiger partial charge in [-0.1, -0.05) is 89.0 Å². The largest absolute Gasteiger partial charge is 0.373 e. The lowest BCUT2D eigenvalue weighted by atomic mass is 10.0. The van der Waals surface area contributed by atoms with Crippen molar-refractivity contribution in [1.82, 2.24) is 0 Å². The molecule has 0 fully saturated rings. The van der Waals surface area contributed by atoms with Crippen LogP contribution in [0.2, 0.25) is 0 Å². The summed E-state index contributed by atoms with van der Waals surface area (Å²) in [6.07, 6.45) is 29.8. The van der Waals surface area contributed by atoms with Crippen molar-refractivity contribution >= 4 is 7.60 Å². The zero-order valence-electron chi connectivity index (χ0n) is 22.9. The summed E-state index contributed by atoms with van der Waals surface area (Å²) in [7, 11) is 0.972. The Hall–Kier alpha value is -0.450. The van der Waals surface area contributed by atoms with Crippen LogP contribution in [0.5, 0.6) is 0 Å².